The van der Waals surface area contributed by atoms with E-state index in [1.54, 1.807) is 17.4 Å². The van der Waals surface area contributed by atoms with Crippen molar-refractivity contribution in [2.45, 2.75) is 13.5 Å². The lowest BCUT2D eigenvalue weighted by Gasteiger charge is -2.17. The Morgan fingerprint density at radius 1 is 1.50 bits per heavy atom. The second-order valence-corrected chi connectivity index (χ2v) is 4.88. The van der Waals surface area contributed by atoms with Crippen LogP contribution in [0.25, 0.3) is 0 Å². The number of aryl methyl sites for hydroxylation is 1. The van der Waals surface area contributed by atoms with Gasteiger partial charge in [0.2, 0.25) is 0 Å². The summed E-state index contributed by atoms with van der Waals surface area (Å²) in [6, 6.07) is 5.51. The lowest BCUT2D eigenvalue weighted by atomic mass is 10.3. The van der Waals surface area contributed by atoms with E-state index in [1.165, 1.54) is 4.88 Å². The summed E-state index contributed by atoms with van der Waals surface area (Å²) in [4.78, 5) is 11.6. The second kappa shape index (κ2) is 5.02. The van der Waals surface area contributed by atoms with Crippen molar-refractivity contribution in [2.75, 3.05) is 17.7 Å². The predicted octanol–water partition coefficient (Wildman–Crippen LogP) is 1.94. The lowest BCUT2D eigenvalue weighted by molar-refractivity contribution is 0.900. The molecule has 5 nitrogen and oxygen atoms in total. The number of hydrogen-bond acceptors (Lipinski definition) is 6. The zero-order valence-corrected chi connectivity index (χ0v) is 11.0. The SMILES string of the molecule is Cc1ncsc1CN(C)c1ccc(N)c(C#N)n1. The van der Waals surface area contributed by atoms with Crippen LogP contribution in [0.3, 0.4) is 0 Å². The molecule has 0 atom stereocenters. The van der Waals surface area contributed by atoms with Crippen molar-refractivity contribution in [3.63, 3.8) is 0 Å². The predicted molar refractivity (Wildman–Crippen MR) is 72.3 cm³/mol. The fourth-order valence-electron chi connectivity index (χ4n) is 1.54. The van der Waals surface area contributed by atoms with E-state index >= 15 is 0 Å². The molecule has 0 aliphatic rings. The van der Waals surface area contributed by atoms with Gasteiger partial charge in [0.15, 0.2) is 5.69 Å². The molecule has 0 radical (unpaired) electrons. The van der Waals surface area contributed by atoms with Crippen molar-refractivity contribution < 1.29 is 0 Å². The first-order valence-electron chi connectivity index (χ1n) is 5.38. The molecule has 0 bridgehead atoms. The van der Waals surface area contributed by atoms with Crippen LogP contribution in [-0.4, -0.2) is 17.0 Å². The zero-order chi connectivity index (χ0) is 13.1. The number of hydrogen-bond donors (Lipinski definition) is 1. The van der Waals surface area contributed by atoms with Gasteiger partial charge in [-0.2, -0.15) is 5.26 Å². The standard InChI is InChI=1S/C12H13N5S/c1-8-11(18-7-15-8)6-17(2)12-4-3-9(14)10(5-13)16-12/h3-4,7H,6,14H2,1-2H3. The van der Waals surface area contributed by atoms with E-state index in [0.717, 1.165) is 18.1 Å². The maximum Gasteiger partial charge on any atom is 0.165 e. The van der Waals surface area contributed by atoms with Crippen molar-refractivity contribution in [3.8, 4) is 6.07 Å². The van der Waals surface area contributed by atoms with E-state index in [2.05, 4.69) is 9.97 Å². The maximum absolute atomic E-state index is 8.91. The molecule has 0 unspecified atom stereocenters. The molecule has 2 heterocycles. The molecule has 0 saturated heterocycles. The van der Waals surface area contributed by atoms with Gasteiger partial charge < -0.3 is 10.6 Å². The minimum Gasteiger partial charge on any atom is -0.396 e. The Morgan fingerprint density at radius 3 is 2.89 bits per heavy atom. The van der Waals surface area contributed by atoms with Crippen LogP contribution in [-0.2, 0) is 6.54 Å². The summed E-state index contributed by atoms with van der Waals surface area (Å²) in [6.45, 7) is 2.70. The molecule has 0 spiro atoms. The first kappa shape index (κ1) is 12.3. The van der Waals surface area contributed by atoms with Gasteiger partial charge in [-0.3, -0.25) is 0 Å². The fourth-order valence-corrected chi connectivity index (χ4v) is 2.37. The summed E-state index contributed by atoms with van der Waals surface area (Å²) in [5.74, 6) is 0.730. The Balaban J connectivity index is 2.22. The number of thiazole rings is 1. The highest BCUT2D eigenvalue weighted by Crippen LogP contribution is 2.20. The number of nitriles is 1. The molecule has 92 valence electrons. The first-order valence-corrected chi connectivity index (χ1v) is 6.26. The monoisotopic (exact) mass is 259 g/mol. The number of nitrogens with zero attached hydrogens (tertiary/aromatic N) is 4. The van der Waals surface area contributed by atoms with E-state index in [9.17, 15) is 0 Å². The first-order chi connectivity index (χ1) is 8.61. The Morgan fingerprint density at radius 2 is 2.28 bits per heavy atom. The number of nitrogen functional groups attached to an aromatic ring is 1. The van der Waals surface area contributed by atoms with Gasteiger partial charge in [-0.05, 0) is 19.1 Å². The minimum absolute atomic E-state index is 0.264. The van der Waals surface area contributed by atoms with E-state index in [-0.39, 0.29) is 5.69 Å². The summed E-state index contributed by atoms with van der Waals surface area (Å²) < 4.78 is 0. The molecule has 6 heteroatoms. The highest BCUT2D eigenvalue weighted by Gasteiger charge is 2.09. The van der Waals surface area contributed by atoms with Crippen molar-refractivity contribution in [2.24, 2.45) is 0 Å². The Hall–Kier alpha value is -2.13. The molecule has 0 aromatic carbocycles. The smallest absolute Gasteiger partial charge is 0.165 e. The zero-order valence-electron chi connectivity index (χ0n) is 10.2. The van der Waals surface area contributed by atoms with Crippen LogP contribution in [0.15, 0.2) is 17.6 Å². The van der Waals surface area contributed by atoms with E-state index in [1.807, 2.05) is 36.5 Å². The van der Waals surface area contributed by atoms with Gasteiger partial charge >= 0.3 is 0 Å². The van der Waals surface area contributed by atoms with Gasteiger partial charge in [-0.25, -0.2) is 9.97 Å². The van der Waals surface area contributed by atoms with Crippen LogP contribution in [0.4, 0.5) is 11.5 Å². The quantitative estimate of drug-likeness (QED) is 0.911. The molecule has 0 fully saturated rings. The number of aromatic nitrogens is 2. The molecule has 2 N–H and O–H groups in total. The molecule has 2 aromatic rings. The number of nitrogens with two attached hydrogens (primary N) is 1. The number of anilines is 2. The molecular weight excluding hydrogens is 246 g/mol. The lowest BCUT2D eigenvalue weighted by Crippen LogP contribution is -2.18. The summed E-state index contributed by atoms with van der Waals surface area (Å²) >= 11 is 1.62. The topological polar surface area (TPSA) is 78.8 Å². The third-order valence-electron chi connectivity index (χ3n) is 2.63. The minimum atomic E-state index is 0.264. The van der Waals surface area contributed by atoms with Gasteiger partial charge in [-0.15, -0.1) is 11.3 Å². The van der Waals surface area contributed by atoms with E-state index in [0.29, 0.717) is 5.69 Å². The highest BCUT2D eigenvalue weighted by molar-refractivity contribution is 7.09. The molecule has 0 amide bonds. The third-order valence-corrected chi connectivity index (χ3v) is 3.55. The second-order valence-electron chi connectivity index (χ2n) is 3.94. The van der Waals surface area contributed by atoms with E-state index in [4.69, 9.17) is 11.0 Å². The number of pyridine rings is 1. The van der Waals surface area contributed by atoms with Crippen molar-refractivity contribution in [3.05, 3.63) is 33.9 Å². The molecule has 0 aliphatic carbocycles. The summed E-state index contributed by atoms with van der Waals surface area (Å²) in [5.41, 5.74) is 9.18. The fraction of sp³-hybridized carbons (Fsp3) is 0.250. The molecule has 0 aliphatic heterocycles. The van der Waals surface area contributed by atoms with E-state index < -0.39 is 0 Å². The third kappa shape index (κ3) is 2.41. The Kier molecular flexibility index (Phi) is 3.44. The van der Waals surface area contributed by atoms with Crippen LogP contribution in [0.1, 0.15) is 16.3 Å². The van der Waals surface area contributed by atoms with Crippen molar-refractivity contribution in [1.29, 1.82) is 5.26 Å². The Labute approximate surface area is 110 Å². The summed E-state index contributed by atoms with van der Waals surface area (Å²) in [7, 11) is 1.93. The Bertz CT molecular complexity index is 599. The highest BCUT2D eigenvalue weighted by atomic mass is 32.1. The molecule has 0 saturated carbocycles. The van der Waals surface area contributed by atoms with Gasteiger partial charge in [0, 0.05) is 11.9 Å². The van der Waals surface area contributed by atoms with Crippen LogP contribution in [0, 0.1) is 18.3 Å². The van der Waals surface area contributed by atoms with Crippen molar-refractivity contribution in [1.82, 2.24) is 9.97 Å². The van der Waals surface area contributed by atoms with Crippen LogP contribution in [0.2, 0.25) is 0 Å². The van der Waals surface area contributed by atoms with Gasteiger partial charge in [-0.1, -0.05) is 0 Å². The maximum atomic E-state index is 8.91. The molecule has 2 rings (SSSR count). The molecule has 2 aromatic heterocycles. The summed E-state index contributed by atoms with van der Waals surface area (Å²) in [5, 5.41) is 8.91. The molecular formula is C12H13N5S. The van der Waals surface area contributed by atoms with Gasteiger partial charge in [0.25, 0.3) is 0 Å². The van der Waals surface area contributed by atoms with Crippen LogP contribution in [0.5, 0.6) is 0 Å². The average Bonchev–Trinajstić information content (AvgIpc) is 2.75. The largest absolute Gasteiger partial charge is 0.396 e. The summed E-state index contributed by atoms with van der Waals surface area (Å²) in [6.07, 6.45) is 0. The van der Waals surface area contributed by atoms with Crippen LogP contribution >= 0.6 is 11.3 Å². The number of rotatable bonds is 3. The van der Waals surface area contributed by atoms with Gasteiger partial charge in [0.05, 0.1) is 23.4 Å². The van der Waals surface area contributed by atoms with Crippen LogP contribution < -0.4 is 10.6 Å². The normalized spacial score (nSPS) is 10.1. The van der Waals surface area contributed by atoms with Gasteiger partial charge in [0.1, 0.15) is 11.9 Å². The molecule has 18 heavy (non-hydrogen) atoms. The van der Waals surface area contributed by atoms with Crippen molar-refractivity contribution >= 4 is 22.8 Å². The average molecular weight is 259 g/mol.